The molecule has 1 saturated heterocycles. The van der Waals surface area contributed by atoms with E-state index in [9.17, 15) is 4.79 Å². The van der Waals surface area contributed by atoms with E-state index in [0.29, 0.717) is 12.6 Å². The number of carbonyl (C=O) groups is 1. The molecule has 1 aromatic heterocycles. The van der Waals surface area contributed by atoms with Crippen molar-refractivity contribution in [3.05, 3.63) is 36.0 Å². The van der Waals surface area contributed by atoms with Crippen molar-refractivity contribution in [2.45, 2.75) is 65.3 Å². The molecule has 148 valence electrons. The minimum atomic E-state index is 0.0586. The van der Waals surface area contributed by atoms with E-state index in [2.05, 4.69) is 46.1 Å². The van der Waals surface area contributed by atoms with Gasteiger partial charge in [0.25, 0.3) is 0 Å². The SMILES string of the molecule is CCCO[C@H]1CCCN(Cc2cn(CC(=O)NC(C)C)c3ccccc23)C1. The molecule has 1 aromatic carbocycles. The molecular formula is C22H33N3O2. The van der Waals surface area contributed by atoms with Crippen LogP contribution in [0.3, 0.4) is 0 Å². The van der Waals surface area contributed by atoms with Crippen LogP contribution >= 0.6 is 0 Å². The molecule has 3 rings (SSSR count). The Morgan fingerprint density at radius 1 is 1.33 bits per heavy atom. The Kier molecular flexibility index (Phi) is 6.91. The molecule has 1 aliphatic rings. The van der Waals surface area contributed by atoms with Crippen LogP contribution in [0.1, 0.15) is 45.6 Å². The van der Waals surface area contributed by atoms with Crippen LogP contribution in [-0.2, 0) is 22.6 Å². The Morgan fingerprint density at radius 3 is 2.93 bits per heavy atom. The molecule has 0 saturated carbocycles. The molecule has 1 amide bonds. The first-order valence-electron chi connectivity index (χ1n) is 10.3. The first-order valence-corrected chi connectivity index (χ1v) is 10.3. The molecule has 0 aliphatic carbocycles. The third-order valence-electron chi connectivity index (χ3n) is 5.05. The van der Waals surface area contributed by atoms with Crippen molar-refractivity contribution in [1.29, 1.82) is 0 Å². The van der Waals surface area contributed by atoms with Crippen molar-refractivity contribution < 1.29 is 9.53 Å². The highest BCUT2D eigenvalue weighted by atomic mass is 16.5. The number of amides is 1. The smallest absolute Gasteiger partial charge is 0.240 e. The van der Waals surface area contributed by atoms with Crippen LogP contribution in [0.5, 0.6) is 0 Å². The zero-order chi connectivity index (χ0) is 19.2. The van der Waals surface area contributed by atoms with Gasteiger partial charge in [0, 0.05) is 42.8 Å². The number of fused-ring (bicyclic) bond motifs is 1. The van der Waals surface area contributed by atoms with E-state index in [1.807, 2.05) is 19.9 Å². The number of rotatable bonds is 8. The van der Waals surface area contributed by atoms with Gasteiger partial charge in [-0.15, -0.1) is 0 Å². The van der Waals surface area contributed by atoms with Crippen molar-refractivity contribution >= 4 is 16.8 Å². The highest BCUT2D eigenvalue weighted by Gasteiger charge is 2.21. The largest absolute Gasteiger partial charge is 0.377 e. The van der Waals surface area contributed by atoms with Gasteiger partial charge in [0.1, 0.15) is 6.54 Å². The third-order valence-corrected chi connectivity index (χ3v) is 5.05. The van der Waals surface area contributed by atoms with E-state index in [1.165, 1.54) is 17.4 Å². The van der Waals surface area contributed by atoms with Gasteiger partial charge in [-0.25, -0.2) is 0 Å². The van der Waals surface area contributed by atoms with Gasteiger partial charge in [0.05, 0.1) is 6.10 Å². The fraction of sp³-hybridized carbons (Fsp3) is 0.591. The Bertz CT molecular complexity index is 753. The lowest BCUT2D eigenvalue weighted by Gasteiger charge is -2.32. The lowest BCUT2D eigenvalue weighted by atomic mass is 10.1. The fourth-order valence-corrected chi connectivity index (χ4v) is 3.92. The molecule has 0 unspecified atom stereocenters. The number of benzene rings is 1. The number of hydrogen-bond acceptors (Lipinski definition) is 3. The summed E-state index contributed by atoms with van der Waals surface area (Å²) in [6.45, 7) is 10.4. The maximum absolute atomic E-state index is 12.3. The molecule has 1 fully saturated rings. The Hall–Kier alpha value is -1.85. The lowest BCUT2D eigenvalue weighted by molar-refractivity contribution is -0.122. The first-order chi connectivity index (χ1) is 13.1. The van der Waals surface area contributed by atoms with E-state index in [0.717, 1.165) is 44.6 Å². The van der Waals surface area contributed by atoms with E-state index < -0.39 is 0 Å². The number of ether oxygens (including phenoxy) is 1. The Balaban J connectivity index is 1.73. The first kappa shape index (κ1) is 19.9. The van der Waals surface area contributed by atoms with Crippen LogP contribution in [0.2, 0.25) is 0 Å². The minimum Gasteiger partial charge on any atom is -0.377 e. The Morgan fingerprint density at radius 2 is 2.15 bits per heavy atom. The van der Waals surface area contributed by atoms with Crippen LogP contribution in [-0.4, -0.2) is 47.2 Å². The molecule has 1 aliphatic heterocycles. The van der Waals surface area contributed by atoms with Gasteiger partial charge in [0.2, 0.25) is 5.91 Å². The predicted molar refractivity (Wildman–Crippen MR) is 110 cm³/mol. The molecule has 0 spiro atoms. The number of nitrogens with zero attached hydrogens (tertiary/aromatic N) is 2. The van der Waals surface area contributed by atoms with Crippen molar-refractivity contribution in [3.8, 4) is 0 Å². The topological polar surface area (TPSA) is 46.5 Å². The van der Waals surface area contributed by atoms with Crippen molar-refractivity contribution in [1.82, 2.24) is 14.8 Å². The number of hydrogen-bond donors (Lipinski definition) is 1. The maximum Gasteiger partial charge on any atom is 0.240 e. The Labute approximate surface area is 162 Å². The molecule has 0 bridgehead atoms. The number of para-hydroxylation sites is 1. The van der Waals surface area contributed by atoms with Gasteiger partial charge in [-0.05, 0) is 51.3 Å². The molecule has 0 radical (unpaired) electrons. The summed E-state index contributed by atoms with van der Waals surface area (Å²) in [6, 6.07) is 8.54. The van der Waals surface area contributed by atoms with E-state index in [1.54, 1.807) is 0 Å². The van der Waals surface area contributed by atoms with Crippen LogP contribution in [0.4, 0.5) is 0 Å². The third kappa shape index (κ3) is 5.33. The second-order valence-electron chi connectivity index (χ2n) is 7.89. The standard InChI is InChI=1S/C22H33N3O2/c1-4-12-27-19-8-7-11-24(15-19)13-18-14-25(16-22(26)23-17(2)3)21-10-6-5-9-20(18)21/h5-6,9-10,14,17,19H,4,7-8,11-13,15-16H2,1-3H3,(H,23,26)/t19-/m0/s1. The number of nitrogens with one attached hydrogen (secondary N) is 1. The van der Waals surface area contributed by atoms with Crippen molar-refractivity contribution in [3.63, 3.8) is 0 Å². The van der Waals surface area contributed by atoms with Crippen molar-refractivity contribution in [2.75, 3.05) is 19.7 Å². The highest BCUT2D eigenvalue weighted by Crippen LogP contribution is 2.24. The summed E-state index contributed by atoms with van der Waals surface area (Å²) in [5.41, 5.74) is 2.42. The zero-order valence-electron chi connectivity index (χ0n) is 16.9. The van der Waals surface area contributed by atoms with Crippen LogP contribution in [0.25, 0.3) is 10.9 Å². The van der Waals surface area contributed by atoms with Gasteiger partial charge in [0.15, 0.2) is 0 Å². The maximum atomic E-state index is 12.3. The average molecular weight is 372 g/mol. The molecule has 5 nitrogen and oxygen atoms in total. The second kappa shape index (κ2) is 9.38. The highest BCUT2D eigenvalue weighted by molar-refractivity contribution is 5.86. The summed E-state index contributed by atoms with van der Waals surface area (Å²) >= 11 is 0. The second-order valence-corrected chi connectivity index (χ2v) is 7.89. The number of piperidine rings is 1. The predicted octanol–water partition coefficient (Wildman–Crippen LogP) is 3.56. The molecular weight excluding hydrogens is 338 g/mol. The average Bonchev–Trinajstić information content (AvgIpc) is 2.97. The summed E-state index contributed by atoms with van der Waals surface area (Å²) in [7, 11) is 0. The fourth-order valence-electron chi connectivity index (χ4n) is 3.92. The minimum absolute atomic E-state index is 0.0586. The number of aromatic nitrogens is 1. The van der Waals surface area contributed by atoms with E-state index in [-0.39, 0.29) is 11.9 Å². The molecule has 2 heterocycles. The van der Waals surface area contributed by atoms with E-state index in [4.69, 9.17) is 4.74 Å². The van der Waals surface area contributed by atoms with Crippen LogP contribution < -0.4 is 5.32 Å². The summed E-state index contributed by atoms with van der Waals surface area (Å²) in [4.78, 5) is 14.7. The lowest BCUT2D eigenvalue weighted by Crippen LogP contribution is -2.39. The van der Waals surface area contributed by atoms with E-state index >= 15 is 0 Å². The van der Waals surface area contributed by atoms with Crippen molar-refractivity contribution in [2.24, 2.45) is 0 Å². The molecule has 1 atom stereocenters. The summed E-state index contributed by atoms with van der Waals surface area (Å²) in [6.07, 6.45) is 5.92. The normalized spacial score (nSPS) is 18.3. The summed E-state index contributed by atoms with van der Waals surface area (Å²) in [5.74, 6) is 0.0586. The number of carbonyl (C=O) groups excluding carboxylic acids is 1. The van der Waals surface area contributed by atoms with Gasteiger partial charge >= 0.3 is 0 Å². The number of likely N-dealkylation sites (tertiary alicyclic amines) is 1. The molecule has 27 heavy (non-hydrogen) atoms. The van der Waals surface area contributed by atoms with Crippen LogP contribution in [0.15, 0.2) is 30.5 Å². The van der Waals surface area contributed by atoms with Crippen LogP contribution in [0, 0.1) is 0 Å². The zero-order valence-corrected chi connectivity index (χ0v) is 16.9. The van der Waals surface area contributed by atoms with Gasteiger partial charge < -0.3 is 14.6 Å². The summed E-state index contributed by atoms with van der Waals surface area (Å²) < 4.78 is 8.06. The molecule has 5 heteroatoms. The van der Waals surface area contributed by atoms with Gasteiger partial charge in [-0.2, -0.15) is 0 Å². The monoisotopic (exact) mass is 371 g/mol. The molecule has 2 aromatic rings. The summed E-state index contributed by atoms with van der Waals surface area (Å²) in [5, 5.41) is 4.23. The molecule has 1 N–H and O–H groups in total. The quantitative estimate of drug-likeness (QED) is 0.772. The van der Waals surface area contributed by atoms with Gasteiger partial charge in [-0.1, -0.05) is 25.1 Å². The van der Waals surface area contributed by atoms with Gasteiger partial charge in [-0.3, -0.25) is 9.69 Å².